The van der Waals surface area contributed by atoms with Gasteiger partial charge in [-0.1, -0.05) is 0 Å². The maximum absolute atomic E-state index is 11.9. The van der Waals surface area contributed by atoms with Crippen LogP contribution in [-0.2, 0) is 18.3 Å². The van der Waals surface area contributed by atoms with Crippen molar-refractivity contribution in [2.24, 2.45) is 0 Å². The van der Waals surface area contributed by atoms with Crippen molar-refractivity contribution in [2.45, 2.75) is 33.8 Å². The fourth-order valence-corrected chi connectivity index (χ4v) is 2.45. The Hall–Kier alpha value is -0.150. The topological polar surface area (TPSA) is 44.8 Å². The zero-order valence-corrected chi connectivity index (χ0v) is 10.8. The van der Waals surface area contributed by atoms with E-state index in [4.69, 9.17) is 13.8 Å². The van der Waals surface area contributed by atoms with Gasteiger partial charge in [0.25, 0.3) is 0 Å². The molecule has 0 saturated heterocycles. The van der Waals surface area contributed by atoms with Gasteiger partial charge >= 0.3 is 7.60 Å². The van der Waals surface area contributed by atoms with Gasteiger partial charge in [0.15, 0.2) is 0 Å². The Kier molecular flexibility index (Phi) is 7.97. The Bertz CT molecular complexity index is 217. The number of ether oxygens (including phenoxy) is 1. The maximum atomic E-state index is 11.9. The van der Waals surface area contributed by atoms with Crippen LogP contribution in [0.1, 0.15) is 27.7 Å². The van der Waals surface area contributed by atoms with E-state index in [-0.39, 0.29) is 6.10 Å². The third kappa shape index (κ3) is 6.85. The molecule has 0 aromatic rings. The average Bonchev–Trinajstić information content (AvgIpc) is 2.16. The zero-order valence-electron chi connectivity index (χ0n) is 9.93. The first kappa shape index (κ1) is 14.8. The normalized spacial score (nSPS) is 14.7. The van der Waals surface area contributed by atoms with Crippen molar-refractivity contribution in [1.29, 1.82) is 0 Å². The van der Waals surface area contributed by atoms with Gasteiger partial charge in [0.1, 0.15) is 0 Å². The first-order chi connectivity index (χ1) is 7.08. The smallest absolute Gasteiger partial charge is 0.353 e. The molecule has 0 radical (unpaired) electrons. The second kappa shape index (κ2) is 8.05. The molecular formula is C10H21O4P. The molecule has 1 atom stereocenters. The van der Waals surface area contributed by atoms with Crippen LogP contribution in [-0.4, -0.2) is 25.9 Å². The Balaban J connectivity index is 4.32. The lowest BCUT2D eigenvalue weighted by Gasteiger charge is -2.13. The van der Waals surface area contributed by atoms with Gasteiger partial charge in [-0.3, -0.25) is 4.57 Å². The van der Waals surface area contributed by atoms with Crippen LogP contribution in [0.2, 0.25) is 0 Å². The summed E-state index contributed by atoms with van der Waals surface area (Å²) in [6, 6.07) is 0. The molecule has 90 valence electrons. The predicted molar refractivity (Wildman–Crippen MR) is 61.1 cm³/mol. The summed E-state index contributed by atoms with van der Waals surface area (Å²) in [7, 11) is -3.06. The highest BCUT2D eigenvalue weighted by atomic mass is 31.2. The van der Waals surface area contributed by atoms with Gasteiger partial charge in [0.2, 0.25) is 0 Å². The SMILES string of the molecule is CCOC(C)/C=C/P(=O)(OCC)OCC. The molecule has 4 nitrogen and oxygen atoms in total. The molecule has 0 bridgehead atoms. The molecule has 1 unspecified atom stereocenters. The second-order valence-corrected chi connectivity index (χ2v) is 4.77. The molecule has 0 aliphatic carbocycles. The lowest BCUT2D eigenvalue weighted by molar-refractivity contribution is 0.109. The summed E-state index contributed by atoms with van der Waals surface area (Å²) in [5.74, 6) is 1.47. The number of hydrogen-bond acceptors (Lipinski definition) is 4. The highest BCUT2D eigenvalue weighted by Gasteiger charge is 2.19. The molecular weight excluding hydrogens is 215 g/mol. The molecule has 0 saturated carbocycles. The Morgan fingerprint density at radius 2 is 1.67 bits per heavy atom. The van der Waals surface area contributed by atoms with Gasteiger partial charge < -0.3 is 13.8 Å². The molecule has 0 heterocycles. The number of rotatable bonds is 8. The van der Waals surface area contributed by atoms with Crippen molar-refractivity contribution in [3.8, 4) is 0 Å². The maximum Gasteiger partial charge on any atom is 0.353 e. The lowest BCUT2D eigenvalue weighted by Crippen LogP contribution is -2.03. The Morgan fingerprint density at radius 1 is 1.13 bits per heavy atom. The monoisotopic (exact) mass is 236 g/mol. The average molecular weight is 236 g/mol. The van der Waals surface area contributed by atoms with E-state index in [0.29, 0.717) is 19.8 Å². The summed E-state index contributed by atoms with van der Waals surface area (Å²) in [6.45, 7) is 8.71. The first-order valence-electron chi connectivity index (χ1n) is 5.27. The minimum absolute atomic E-state index is 0.0794. The minimum atomic E-state index is -3.06. The van der Waals surface area contributed by atoms with E-state index in [1.807, 2.05) is 13.8 Å². The van der Waals surface area contributed by atoms with Crippen molar-refractivity contribution in [3.05, 3.63) is 11.9 Å². The quantitative estimate of drug-likeness (QED) is 0.607. The summed E-state index contributed by atoms with van der Waals surface area (Å²) >= 11 is 0. The molecule has 0 aliphatic rings. The van der Waals surface area contributed by atoms with Gasteiger partial charge in [-0.2, -0.15) is 0 Å². The Labute approximate surface area is 92.1 Å². The molecule has 0 spiro atoms. The van der Waals surface area contributed by atoms with Crippen LogP contribution in [0, 0.1) is 0 Å². The molecule has 0 fully saturated rings. The molecule has 0 N–H and O–H groups in total. The van der Waals surface area contributed by atoms with E-state index in [0.717, 1.165) is 0 Å². The molecule has 0 aliphatic heterocycles. The molecule has 0 aromatic carbocycles. The molecule has 0 amide bonds. The molecule has 5 heteroatoms. The molecule has 0 rings (SSSR count). The van der Waals surface area contributed by atoms with Crippen molar-refractivity contribution in [1.82, 2.24) is 0 Å². The fraction of sp³-hybridized carbons (Fsp3) is 0.800. The number of hydrogen-bond donors (Lipinski definition) is 0. The first-order valence-corrected chi connectivity index (χ1v) is 6.88. The molecule has 15 heavy (non-hydrogen) atoms. The van der Waals surface area contributed by atoms with Crippen LogP contribution in [0.5, 0.6) is 0 Å². The third-order valence-corrected chi connectivity index (χ3v) is 3.36. The van der Waals surface area contributed by atoms with E-state index in [1.54, 1.807) is 19.9 Å². The summed E-state index contributed by atoms with van der Waals surface area (Å²) in [4.78, 5) is 0. The standard InChI is InChI=1S/C10H21O4P/c1-5-12-10(4)8-9-15(11,13-6-2)14-7-3/h8-10H,5-7H2,1-4H3/b9-8+. The van der Waals surface area contributed by atoms with Crippen molar-refractivity contribution in [2.75, 3.05) is 19.8 Å². The van der Waals surface area contributed by atoms with E-state index in [1.165, 1.54) is 5.82 Å². The van der Waals surface area contributed by atoms with Crippen molar-refractivity contribution >= 4 is 7.60 Å². The van der Waals surface area contributed by atoms with Crippen LogP contribution in [0.15, 0.2) is 11.9 Å². The van der Waals surface area contributed by atoms with E-state index >= 15 is 0 Å². The summed E-state index contributed by atoms with van der Waals surface area (Å²) in [6.07, 6.45) is 1.62. The van der Waals surface area contributed by atoms with Crippen molar-refractivity contribution in [3.63, 3.8) is 0 Å². The largest absolute Gasteiger partial charge is 0.375 e. The van der Waals surface area contributed by atoms with Gasteiger partial charge in [-0.25, -0.2) is 0 Å². The van der Waals surface area contributed by atoms with Gasteiger partial charge in [0, 0.05) is 12.4 Å². The van der Waals surface area contributed by atoms with Crippen LogP contribution in [0.3, 0.4) is 0 Å². The lowest BCUT2D eigenvalue weighted by atomic mass is 10.4. The fourth-order valence-electron chi connectivity index (χ4n) is 1.03. The summed E-state index contributed by atoms with van der Waals surface area (Å²) in [5.41, 5.74) is 0. The highest BCUT2D eigenvalue weighted by molar-refractivity contribution is 7.57. The van der Waals surface area contributed by atoms with Crippen LogP contribution in [0.4, 0.5) is 0 Å². The van der Waals surface area contributed by atoms with Crippen LogP contribution < -0.4 is 0 Å². The van der Waals surface area contributed by atoms with E-state index in [9.17, 15) is 4.57 Å². The van der Waals surface area contributed by atoms with Crippen LogP contribution in [0.25, 0.3) is 0 Å². The second-order valence-electron chi connectivity index (χ2n) is 2.88. The van der Waals surface area contributed by atoms with Crippen molar-refractivity contribution < 1.29 is 18.3 Å². The van der Waals surface area contributed by atoms with Gasteiger partial charge in [-0.05, 0) is 33.8 Å². The molecule has 0 aromatic heterocycles. The Morgan fingerprint density at radius 3 is 2.07 bits per heavy atom. The van der Waals surface area contributed by atoms with Gasteiger partial charge in [-0.15, -0.1) is 0 Å². The highest BCUT2D eigenvalue weighted by Crippen LogP contribution is 2.49. The predicted octanol–water partition coefficient (Wildman–Crippen LogP) is 3.19. The zero-order chi connectivity index (χ0) is 11.7. The minimum Gasteiger partial charge on any atom is -0.375 e. The van der Waals surface area contributed by atoms with Crippen LogP contribution >= 0.6 is 7.60 Å². The third-order valence-electron chi connectivity index (χ3n) is 1.59. The van der Waals surface area contributed by atoms with E-state index in [2.05, 4.69) is 0 Å². The van der Waals surface area contributed by atoms with E-state index < -0.39 is 7.60 Å². The summed E-state index contributed by atoms with van der Waals surface area (Å²) in [5, 5.41) is 0. The van der Waals surface area contributed by atoms with Gasteiger partial charge in [0.05, 0.1) is 19.3 Å². The summed E-state index contributed by atoms with van der Waals surface area (Å²) < 4.78 is 27.4.